The van der Waals surface area contributed by atoms with Gasteiger partial charge in [0, 0.05) is 26.9 Å². The van der Waals surface area contributed by atoms with Gasteiger partial charge in [0.05, 0.1) is 11.2 Å². The molecule has 0 amide bonds. The van der Waals surface area contributed by atoms with E-state index in [0.29, 0.717) is 0 Å². The number of aromatic nitrogens is 2. The van der Waals surface area contributed by atoms with Gasteiger partial charge < -0.3 is 4.98 Å². The van der Waals surface area contributed by atoms with Gasteiger partial charge in [0.15, 0.2) is 0 Å². The van der Waals surface area contributed by atoms with Gasteiger partial charge in [0.25, 0.3) is 0 Å². The number of fused-ring (bicyclic) bond motifs is 1. The second-order valence-electron chi connectivity index (χ2n) is 3.75. The topological polar surface area (TPSA) is 28.7 Å². The first-order chi connectivity index (χ1) is 8.25. The highest BCUT2D eigenvalue weighted by molar-refractivity contribution is 14.1. The van der Waals surface area contributed by atoms with Crippen LogP contribution in [0.25, 0.3) is 22.2 Å². The number of aromatic amines is 1. The lowest BCUT2D eigenvalue weighted by Crippen LogP contribution is -1.81. The summed E-state index contributed by atoms with van der Waals surface area (Å²) in [6.07, 6.45) is 3.56. The Balaban J connectivity index is 2.27. The predicted octanol–water partition coefficient (Wildman–Crippen LogP) is 3.97. The standard InChI is InChI=1S/C13H8FIN2/c14-9-3-1-2-8(6-9)13-12(15)10-7-16-5-4-11(10)17-13/h1-7,17H. The first-order valence-electron chi connectivity index (χ1n) is 5.13. The third kappa shape index (κ3) is 1.82. The van der Waals surface area contributed by atoms with Gasteiger partial charge in [-0.3, -0.25) is 4.98 Å². The number of hydrogen-bond acceptors (Lipinski definition) is 1. The number of rotatable bonds is 1. The lowest BCUT2D eigenvalue weighted by molar-refractivity contribution is 0.628. The molecule has 17 heavy (non-hydrogen) atoms. The summed E-state index contributed by atoms with van der Waals surface area (Å²) in [6, 6.07) is 8.50. The number of pyridine rings is 1. The summed E-state index contributed by atoms with van der Waals surface area (Å²) >= 11 is 2.26. The molecule has 0 unspecified atom stereocenters. The zero-order valence-corrected chi connectivity index (χ0v) is 10.9. The highest BCUT2D eigenvalue weighted by Crippen LogP contribution is 2.30. The molecule has 0 saturated heterocycles. The van der Waals surface area contributed by atoms with E-state index in [0.717, 1.165) is 25.7 Å². The lowest BCUT2D eigenvalue weighted by Gasteiger charge is -1.99. The molecule has 0 radical (unpaired) electrons. The number of hydrogen-bond donors (Lipinski definition) is 1. The molecular formula is C13H8FIN2. The van der Waals surface area contributed by atoms with Crippen molar-refractivity contribution in [2.24, 2.45) is 0 Å². The molecule has 3 aromatic rings. The van der Waals surface area contributed by atoms with Crippen molar-refractivity contribution in [3.05, 3.63) is 52.1 Å². The maximum atomic E-state index is 13.2. The van der Waals surface area contributed by atoms with E-state index < -0.39 is 0 Å². The summed E-state index contributed by atoms with van der Waals surface area (Å²) in [6.45, 7) is 0. The summed E-state index contributed by atoms with van der Waals surface area (Å²) in [5.41, 5.74) is 2.81. The normalized spacial score (nSPS) is 10.9. The molecule has 84 valence electrons. The van der Waals surface area contributed by atoms with Gasteiger partial charge >= 0.3 is 0 Å². The molecular weight excluding hydrogens is 330 g/mol. The highest BCUT2D eigenvalue weighted by atomic mass is 127. The second-order valence-corrected chi connectivity index (χ2v) is 4.82. The fraction of sp³-hybridized carbons (Fsp3) is 0. The predicted molar refractivity (Wildman–Crippen MR) is 74.2 cm³/mol. The monoisotopic (exact) mass is 338 g/mol. The smallest absolute Gasteiger partial charge is 0.123 e. The van der Waals surface area contributed by atoms with Gasteiger partial charge in [-0.25, -0.2) is 4.39 Å². The van der Waals surface area contributed by atoms with Crippen LogP contribution in [0.1, 0.15) is 0 Å². The fourth-order valence-electron chi connectivity index (χ4n) is 1.85. The Morgan fingerprint density at radius 1 is 1.24 bits per heavy atom. The number of H-pyrrole nitrogens is 1. The molecule has 0 aliphatic carbocycles. The summed E-state index contributed by atoms with van der Waals surface area (Å²) in [7, 11) is 0. The number of benzene rings is 1. The second kappa shape index (κ2) is 4.10. The van der Waals surface area contributed by atoms with Crippen molar-refractivity contribution in [2.75, 3.05) is 0 Å². The molecule has 0 fully saturated rings. The van der Waals surface area contributed by atoms with E-state index in [2.05, 4.69) is 32.6 Å². The summed E-state index contributed by atoms with van der Waals surface area (Å²) in [4.78, 5) is 7.39. The lowest BCUT2D eigenvalue weighted by atomic mass is 10.1. The molecule has 0 atom stereocenters. The van der Waals surface area contributed by atoms with E-state index in [1.54, 1.807) is 12.3 Å². The third-order valence-electron chi connectivity index (χ3n) is 2.65. The zero-order chi connectivity index (χ0) is 11.8. The average Bonchev–Trinajstić information content (AvgIpc) is 2.68. The molecule has 2 heterocycles. The summed E-state index contributed by atoms with van der Waals surface area (Å²) < 4.78 is 14.3. The van der Waals surface area contributed by atoms with Crippen LogP contribution in [0.5, 0.6) is 0 Å². The Hall–Kier alpha value is -1.43. The minimum Gasteiger partial charge on any atom is -0.354 e. The van der Waals surface area contributed by atoms with Crippen LogP contribution in [0, 0.1) is 9.39 Å². The van der Waals surface area contributed by atoms with Crippen molar-refractivity contribution in [3.63, 3.8) is 0 Å². The van der Waals surface area contributed by atoms with E-state index in [1.807, 2.05) is 18.3 Å². The Kier molecular flexibility index (Phi) is 2.58. The first kappa shape index (κ1) is 10.7. The van der Waals surface area contributed by atoms with Gasteiger partial charge in [0.1, 0.15) is 5.82 Å². The molecule has 1 N–H and O–H groups in total. The van der Waals surface area contributed by atoms with Gasteiger partial charge in [0.2, 0.25) is 0 Å². The van der Waals surface area contributed by atoms with E-state index in [4.69, 9.17) is 0 Å². The molecule has 4 heteroatoms. The van der Waals surface area contributed by atoms with Crippen LogP contribution >= 0.6 is 22.6 Å². The SMILES string of the molecule is Fc1cccc(-c2[nH]c3ccncc3c2I)c1. The molecule has 0 spiro atoms. The Bertz CT molecular complexity index is 691. The molecule has 3 rings (SSSR count). The molecule has 0 aliphatic heterocycles. The van der Waals surface area contributed by atoms with E-state index in [-0.39, 0.29) is 5.82 Å². The van der Waals surface area contributed by atoms with Crippen LogP contribution < -0.4 is 0 Å². The summed E-state index contributed by atoms with van der Waals surface area (Å²) in [5.74, 6) is -0.227. The van der Waals surface area contributed by atoms with Crippen molar-refractivity contribution in [1.82, 2.24) is 9.97 Å². The van der Waals surface area contributed by atoms with Gasteiger partial charge in [-0.1, -0.05) is 12.1 Å². The van der Waals surface area contributed by atoms with Crippen LogP contribution in [0.3, 0.4) is 0 Å². The van der Waals surface area contributed by atoms with Crippen molar-refractivity contribution < 1.29 is 4.39 Å². The number of halogens is 2. The fourth-order valence-corrected chi connectivity index (χ4v) is 2.72. The highest BCUT2D eigenvalue weighted by Gasteiger charge is 2.10. The van der Waals surface area contributed by atoms with Crippen LogP contribution in [0.4, 0.5) is 4.39 Å². The van der Waals surface area contributed by atoms with Gasteiger partial charge in [-0.05, 0) is 40.8 Å². The van der Waals surface area contributed by atoms with Crippen LogP contribution in [0.15, 0.2) is 42.7 Å². The Morgan fingerprint density at radius 2 is 2.12 bits per heavy atom. The quantitative estimate of drug-likeness (QED) is 0.668. The molecule has 0 bridgehead atoms. The molecule has 2 aromatic heterocycles. The van der Waals surface area contributed by atoms with Gasteiger partial charge in [-0.15, -0.1) is 0 Å². The summed E-state index contributed by atoms with van der Waals surface area (Å²) in [5, 5.41) is 1.06. The zero-order valence-electron chi connectivity index (χ0n) is 8.74. The Labute approximate surface area is 111 Å². The maximum absolute atomic E-state index is 13.2. The molecule has 1 aromatic carbocycles. The third-order valence-corrected chi connectivity index (χ3v) is 3.77. The van der Waals surface area contributed by atoms with Crippen molar-refractivity contribution in [2.45, 2.75) is 0 Å². The van der Waals surface area contributed by atoms with Gasteiger partial charge in [-0.2, -0.15) is 0 Å². The largest absolute Gasteiger partial charge is 0.354 e. The molecule has 0 saturated carbocycles. The van der Waals surface area contributed by atoms with E-state index in [1.165, 1.54) is 12.1 Å². The van der Waals surface area contributed by atoms with Crippen molar-refractivity contribution >= 4 is 33.5 Å². The van der Waals surface area contributed by atoms with E-state index in [9.17, 15) is 4.39 Å². The van der Waals surface area contributed by atoms with Crippen LogP contribution in [0.2, 0.25) is 0 Å². The minimum absolute atomic E-state index is 0.227. The van der Waals surface area contributed by atoms with Crippen molar-refractivity contribution in [1.29, 1.82) is 0 Å². The number of nitrogens with one attached hydrogen (secondary N) is 1. The van der Waals surface area contributed by atoms with Crippen LogP contribution in [-0.2, 0) is 0 Å². The van der Waals surface area contributed by atoms with E-state index >= 15 is 0 Å². The maximum Gasteiger partial charge on any atom is 0.123 e. The average molecular weight is 338 g/mol. The van der Waals surface area contributed by atoms with Crippen molar-refractivity contribution in [3.8, 4) is 11.3 Å². The Morgan fingerprint density at radius 3 is 2.88 bits per heavy atom. The van der Waals surface area contributed by atoms with Crippen LogP contribution in [-0.4, -0.2) is 9.97 Å². The number of nitrogens with zero attached hydrogens (tertiary/aromatic N) is 1. The molecule has 2 nitrogen and oxygen atoms in total. The minimum atomic E-state index is -0.227. The molecule has 0 aliphatic rings. The first-order valence-corrected chi connectivity index (χ1v) is 6.21.